The van der Waals surface area contributed by atoms with Crippen LogP contribution in [0.2, 0.25) is 0 Å². The molecule has 0 unspecified atom stereocenters. The number of aromatic nitrogens is 1. The minimum atomic E-state index is -0.882. The van der Waals surface area contributed by atoms with Crippen molar-refractivity contribution in [3.63, 3.8) is 0 Å². The number of anilines is 2. The van der Waals surface area contributed by atoms with E-state index in [1.54, 1.807) is 23.5 Å². The first-order chi connectivity index (χ1) is 15.0. The van der Waals surface area contributed by atoms with Crippen molar-refractivity contribution in [3.05, 3.63) is 75.2 Å². The summed E-state index contributed by atoms with van der Waals surface area (Å²) in [6.45, 7) is 0.911. The van der Waals surface area contributed by atoms with Crippen molar-refractivity contribution in [1.82, 2.24) is 9.88 Å². The number of hydrogen-bond donors (Lipinski definition) is 3. The van der Waals surface area contributed by atoms with Gasteiger partial charge in [0, 0.05) is 28.8 Å². The number of nitrogens with one attached hydrogen (secondary N) is 1. The number of amides is 2. The van der Waals surface area contributed by atoms with Crippen LogP contribution in [0.4, 0.5) is 16.2 Å². The maximum Gasteiger partial charge on any atom is 0.407 e. The lowest BCUT2D eigenvalue weighted by Gasteiger charge is -2.22. The Bertz CT molecular complexity index is 1170. The molecule has 1 aliphatic carbocycles. The molecule has 0 bridgehead atoms. The molecular formula is C23H22N4O3S. The molecule has 158 valence electrons. The number of para-hydroxylation sites is 2. The van der Waals surface area contributed by atoms with Crippen LogP contribution in [0, 0.1) is 0 Å². The largest absolute Gasteiger partial charge is 0.465 e. The first-order valence-corrected chi connectivity index (χ1v) is 11.0. The van der Waals surface area contributed by atoms with Gasteiger partial charge in [-0.05, 0) is 42.7 Å². The number of carbonyl (C=O) groups is 2. The highest BCUT2D eigenvalue weighted by Gasteiger charge is 2.49. The van der Waals surface area contributed by atoms with Crippen molar-refractivity contribution in [2.75, 3.05) is 17.6 Å². The average Bonchev–Trinajstić information content (AvgIpc) is 3.47. The van der Waals surface area contributed by atoms with E-state index in [0.29, 0.717) is 36.4 Å². The standard InChI is InChI=1S/C23H22N4O3S/c24-16-3-1-2-4-17(16)25-20(28)14-5-7-15(8-6-14)23(10-11-23)21-26-18-9-12-27(22(29)30)13-19(18)31-21/h1-8H,9-13,24H2,(H,25,28)(H,29,30). The Morgan fingerprint density at radius 2 is 1.87 bits per heavy atom. The van der Waals surface area contributed by atoms with Crippen molar-refractivity contribution in [3.8, 4) is 0 Å². The second kappa shape index (κ2) is 7.39. The maximum absolute atomic E-state index is 12.6. The Hall–Kier alpha value is -3.39. The number of carbonyl (C=O) groups excluding carboxylic acids is 1. The summed E-state index contributed by atoms with van der Waals surface area (Å²) >= 11 is 1.63. The number of hydrogen-bond acceptors (Lipinski definition) is 5. The second-order valence-corrected chi connectivity index (χ2v) is 9.13. The third-order valence-electron chi connectivity index (χ3n) is 6.07. The highest BCUT2D eigenvalue weighted by atomic mass is 32.1. The smallest absolute Gasteiger partial charge is 0.407 e. The predicted molar refractivity (Wildman–Crippen MR) is 120 cm³/mol. The average molecular weight is 435 g/mol. The molecule has 1 fully saturated rings. The first-order valence-electron chi connectivity index (χ1n) is 10.2. The van der Waals surface area contributed by atoms with Gasteiger partial charge in [0.2, 0.25) is 0 Å². The van der Waals surface area contributed by atoms with E-state index in [2.05, 4.69) is 5.32 Å². The zero-order valence-corrected chi connectivity index (χ0v) is 17.6. The fourth-order valence-electron chi connectivity index (χ4n) is 4.06. The molecule has 0 radical (unpaired) electrons. The van der Waals surface area contributed by atoms with Crippen molar-refractivity contribution in [2.24, 2.45) is 0 Å². The first kappa shape index (κ1) is 19.6. The van der Waals surface area contributed by atoms with Crippen LogP contribution in [-0.2, 0) is 18.4 Å². The lowest BCUT2D eigenvalue weighted by Crippen LogP contribution is -2.34. The number of carboxylic acid groups (broad SMARTS) is 1. The normalized spacial score (nSPS) is 16.5. The van der Waals surface area contributed by atoms with Crippen molar-refractivity contribution in [1.29, 1.82) is 0 Å². The highest BCUT2D eigenvalue weighted by molar-refractivity contribution is 7.12. The zero-order valence-electron chi connectivity index (χ0n) is 16.8. The molecule has 0 spiro atoms. The Morgan fingerprint density at radius 3 is 2.55 bits per heavy atom. The van der Waals surface area contributed by atoms with Crippen LogP contribution in [0.3, 0.4) is 0 Å². The molecule has 1 aliphatic heterocycles. The minimum Gasteiger partial charge on any atom is -0.465 e. The van der Waals surface area contributed by atoms with Gasteiger partial charge in [-0.2, -0.15) is 0 Å². The van der Waals surface area contributed by atoms with Gasteiger partial charge in [-0.25, -0.2) is 9.78 Å². The number of thiazole rings is 1. The van der Waals surface area contributed by atoms with Gasteiger partial charge in [0.1, 0.15) is 5.01 Å². The summed E-state index contributed by atoms with van der Waals surface area (Å²) in [5.41, 5.74) is 9.66. The number of nitrogens with two attached hydrogens (primary N) is 1. The van der Waals surface area contributed by atoms with E-state index >= 15 is 0 Å². The number of rotatable bonds is 4. The summed E-state index contributed by atoms with van der Waals surface area (Å²) in [4.78, 5) is 31.3. The molecule has 0 saturated heterocycles. The van der Waals surface area contributed by atoms with E-state index < -0.39 is 6.09 Å². The number of nitrogens with zero attached hydrogens (tertiary/aromatic N) is 2. The molecule has 2 amide bonds. The third-order valence-corrected chi connectivity index (χ3v) is 7.36. The van der Waals surface area contributed by atoms with Gasteiger partial charge < -0.3 is 21.1 Å². The molecule has 2 heterocycles. The molecule has 8 heteroatoms. The second-order valence-electron chi connectivity index (χ2n) is 8.04. The van der Waals surface area contributed by atoms with Crippen LogP contribution >= 0.6 is 11.3 Å². The van der Waals surface area contributed by atoms with E-state index in [9.17, 15) is 14.7 Å². The number of benzene rings is 2. The number of fused-ring (bicyclic) bond motifs is 1. The lowest BCUT2D eigenvalue weighted by molar-refractivity contribution is 0.102. The molecule has 31 heavy (non-hydrogen) atoms. The monoisotopic (exact) mass is 434 g/mol. The van der Waals surface area contributed by atoms with E-state index in [1.165, 1.54) is 4.90 Å². The molecule has 0 atom stereocenters. The maximum atomic E-state index is 12.6. The fraction of sp³-hybridized carbons (Fsp3) is 0.261. The summed E-state index contributed by atoms with van der Waals surface area (Å²) in [6.07, 6.45) is 1.80. The molecule has 1 aromatic heterocycles. The molecule has 5 rings (SSSR count). The van der Waals surface area contributed by atoms with E-state index in [0.717, 1.165) is 34.0 Å². The van der Waals surface area contributed by atoms with Gasteiger partial charge in [-0.15, -0.1) is 11.3 Å². The third kappa shape index (κ3) is 3.53. The van der Waals surface area contributed by atoms with E-state index in [4.69, 9.17) is 10.7 Å². The number of nitrogen functional groups attached to an aromatic ring is 1. The summed E-state index contributed by atoms with van der Waals surface area (Å²) in [7, 11) is 0. The van der Waals surface area contributed by atoms with Gasteiger partial charge >= 0.3 is 6.09 Å². The van der Waals surface area contributed by atoms with Gasteiger partial charge in [0.15, 0.2) is 0 Å². The van der Waals surface area contributed by atoms with Crippen LogP contribution in [0.15, 0.2) is 48.5 Å². The zero-order chi connectivity index (χ0) is 21.6. The summed E-state index contributed by atoms with van der Waals surface area (Å²) in [5.74, 6) is -0.201. The molecular weight excluding hydrogens is 412 g/mol. The summed E-state index contributed by atoms with van der Waals surface area (Å²) < 4.78 is 0. The van der Waals surface area contributed by atoms with Crippen LogP contribution in [-0.4, -0.2) is 33.5 Å². The minimum absolute atomic E-state index is 0.116. The summed E-state index contributed by atoms with van der Waals surface area (Å²) in [5, 5.41) is 13.2. The van der Waals surface area contributed by atoms with Gasteiger partial charge in [0.25, 0.3) is 5.91 Å². The molecule has 1 saturated carbocycles. The molecule has 2 aliphatic rings. The van der Waals surface area contributed by atoms with Crippen molar-refractivity contribution < 1.29 is 14.7 Å². The lowest BCUT2D eigenvalue weighted by atomic mass is 9.95. The van der Waals surface area contributed by atoms with Crippen LogP contribution in [0.5, 0.6) is 0 Å². The van der Waals surface area contributed by atoms with Crippen molar-refractivity contribution in [2.45, 2.75) is 31.2 Å². The Labute approximate surface area is 183 Å². The Balaban J connectivity index is 1.35. The molecule has 2 aromatic carbocycles. The van der Waals surface area contributed by atoms with Gasteiger partial charge in [-0.3, -0.25) is 4.79 Å². The predicted octanol–water partition coefficient (Wildman–Crippen LogP) is 4.09. The van der Waals surface area contributed by atoms with Crippen molar-refractivity contribution >= 4 is 34.7 Å². The SMILES string of the molecule is Nc1ccccc1NC(=O)c1ccc(C2(c3nc4c(s3)CN(C(=O)O)CC4)CC2)cc1. The van der Waals surface area contributed by atoms with Crippen LogP contribution in [0.25, 0.3) is 0 Å². The van der Waals surface area contributed by atoms with Gasteiger partial charge in [-0.1, -0.05) is 24.3 Å². The summed E-state index contributed by atoms with van der Waals surface area (Å²) in [6, 6.07) is 14.8. The molecule has 7 nitrogen and oxygen atoms in total. The van der Waals surface area contributed by atoms with Crippen LogP contribution in [0.1, 0.15) is 44.3 Å². The fourth-order valence-corrected chi connectivity index (χ4v) is 5.45. The molecule has 4 N–H and O–H groups in total. The highest BCUT2D eigenvalue weighted by Crippen LogP contribution is 2.55. The topological polar surface area (TPSA) is 109 Å². The quantitative estimate of drug-likeness (QED) is 0.536. The molecule has 3 aromatic rings. The Morgan fingerprint density at radius 1 is 1.13 bits per heavy atom. The van der Waals surface area contributed by atoms with E-state index in [-0.39, 0.29) is 11.3 Å². The van der Waals surface area contributed by atoms with E-state index in [1.807, 2.05) is 36.4 Å². The Kier molecular flexibility index (Phi) is 4.66. The van der Waals surface area contributed by atoms with Crippen LogP contribution < -0.4 is 11.1 Å². The van der Waals surface area contributed by atoms with Gasteiger partial charge in [0.05, 0.1) is 23.6 Å².